The number of hydrogen-bond donors (Lipinski definition) is 1. The lowest BCUT2D eigenvalue weighted by atomic mass is 10.2. The molecule has 3 aromatic carbocycles. The van der Waals surface area contributed by atoms with Crippen molar-refractivity contribution in [2.24, 2.45) is 0 Å². The summed E-state index contributed by atoms with van der Waals surface area (Å²) in [6, 6.07) is 22.8. The fraction of sp³-hybridized carbons (Fsp3) is 0. The first-order chi connectivity index (χ1) is 12.1. The Morgan fingerprint density at radius 2 is 1.32 bits per heavy atom. The van der Waals surface area contributed by atoms with Gasteiger partial charge in [0.25, 0.3) is 10.0 Å². The molecule has 3 aromatic rings. The maximum atomic E-state index is 12.5. The monoisotopic (exact) mass is 353 g/mol. The summed E-state index contributed by atoms with van der Waals surface area (Å²) in [5.74, 6) is -0.428. The molecule has 0 unspecified atom stereocenters. The third kappa shape index (κ3) is 4.05. The van der Waals surface area contributed by atoms with E-state index in [9.17, 15) is 13.2 Å². The van der Waals surface area contributed by atoms with E-state index in [-0.39, 0.29) is 16.3 Å². The molecule has 126 valence electrons. The van der Waals surface area contributed by atoms with Gasteiger partial charge >= 0.3 is 5.97 Å². The van der Waals surface area contributed by atoms with Crippen LogP contribution in [0.2, 0.25) is 0 Å². The molecule has 0 spiro atoms. The fourth-order valence-corrected chi connectivity index (χ4v) is 3.27. The summed E-state index contributed by atoms with van der Waals surface area (Å²) in [6.45, 7) is 0. The van der Waals surface area contributed by atoms with Crippen molar-refractivity contribution in [2.45, 2.75) is 4.90 Å². The van der Waals surface area contributed by atoms with Gasteiger partial charge in [-0.3, -0.25) is 4.72 Å². The van der Waals surface area contributed by atoms with Gasteiger partial charge in [-0.1, -0.05) is 48.5 Å². The minimum absolute atomic E-state index is 0.124. The molecule has 0 aromatic heterocycles. The molecule has 0 amide bonds. The summed E-state index contributed by atoms with van der Waals surface area (Å²) in [4.78, 5) is 12.3. The van der Waals surface area contributed by atoms with Crippen molar-refractivity contribution in [3.63, 3.8) is 0 Å². The highest BCUT2D eigenvalue weighted by atomic mass is 32.2. The Labute approximate surface area is 145 Å². The van der Waals surface area contributed by atoms with Crippen LogP contribution in [0, 0.1) is 0 Å². The average molecular weight is 353 g/mol. The van der Waals surface area contributed by atoms with Crippen molar-refractivity contribution in [2.75, 3.05) is 4.72 Å². The molecule has 1 N–H and O–H groups in total. The molecule has 0 fully saturated rings. The lowest BCUT2D eigenvalue weighted by molar-refractivity contribution is 0.0736. The number of anilines is 1. The van der Waals surface area contributed by atoms with Crippen molar-refractivity contribution >= 4 is 21.7 Å². The van der Waals surface area contributed by atoms with E-state index in [4.69, 9.17) is 4.74 Å². The SMILES string of the molecule is O=C(Oc1ccccc1NS(=O)(=O)c1ccccc1)c1ccccc1. The summed E-state index contributed by atoms with van der Waals surface area (Å²) >= 11 is 0. The third-order valence-electron chi connectivity index (χ3n) is 3.40. The number of benzene rings is 3. The number of nitrogens with one attached hydrogen (secondary N) is 1. The summed E-state index contributed by atoms with van der Waals surface area (Å²) < 4.78 is 32.7. The molecule has 0 aliphatic carbocycles. The second-order valence-electron chi connectivity index (χ2n) is 5.17. The molecule has 6 heteroatoms. The Morgan fingerprint density at radius 3 is 2.00 bits per heavy atom. The zero-order chi connectivity index (χ0) is 17.7. The van der Waals surface area contributed by atoms with E-state index >= 15 is 0 Å². The minimum Gasteiger partial charge on any atom is -0.421 e. The van der Waals surface area contributed by atoms with Gasteiger partial charge in [-0.2, -0.15) is 0 Å². The van der Waals surface area contributed by atoms with Crippen LogP contribution in [0.25, 0.3) is 0 Å². The van der Waals surface area contributed by atoms with Gasteiger partial charge in [0.2, 0.25) is 0 Å². The maximum absolute atomic E-state index is 12.5. The number of ether oxygens (including phenoxy) is 1. The van der Waals surface area contributed by atoms with Crippen LogP contribution >= 0.6 is 0 Å². The zero-order valence-electron chi connectivity index (χ0n) is 13.1. The minimum atomic E-state index is -3.78. The van der Waals surface area contributed by atoms with E-state index in [1.807, 2.05) is 0 Å². The summed E-state index contributed by atoms with van der Waals surface area (Å²) in [5, 5.41) is 0. The van der Waals surface area contributed by atoms with Gasteiger partial charge in [0, 0.05) is 0 Å². The molecule has 5 nitrogen and oxygen atoms in total. The van der Waals surface area contributed by atoms with Gasteiger partial charge in [-0.15, -0.1) is 0 Å². The molecule has 0 aliphatic heterocycles. The Bertz CT molecular complexity index is 971. The predicted octanol–water partition coefficient (Wildman–Crippen LogP) is 3.71. The second kappa shape index (κ2) is 7.19. The number of carbonyl (C=O) groups is 1. The standard InChI is InChI=1S/C19H15NO4S/c21-19(15-9-3-1-4-10-15)24-18-14-8-7-13-17(18)20-25(22,23)16-11-5-2-6-12-16/h1-14,20H. The van der Waals surface area contributed by atoms with Gasteiger partial charge in [-0.05, 0) is 36.4 Å². The number of para-hydroxylation sites is 2. The summed E-state index contributed by atoms with van der Waals surface area (Å²) in [5.41, 5.74) is 0.568. The van der Waals surface area contributed by atoms with E-state index in [0.717, 1.165) is 0 Å². The lowest BCUT2D eigenvalue weighted by Crippen LogP contribution is -2.15. The maximum Gasteiger partial charge on any atom is 0.343 e. The van der Waals surface area contributed by atoms with Crippen molar-refractivity contribution in [3.8, 4) is 5.75 Å². The first kappa shape index (κ1) is 16.7. The molecule has 25 heavy (non-hydrogen) atoms. The number of sulfonamides is 1. The molecular weight excluding hydrogens is 338 g/mol. The van der Waals surface area contributed by atoms with Crippen molar-refractivity contribution < 1.29 is 17.9 Å². The highest BCUT2D eigenvalue weighted by Crippen LogP contribution is 2.27. The van der Waals surface area contributed by atoms with Crippen LogP contribution in [0.4, 0.5) is 5.69 Å². The van der Waals surface area contributed by atoms with Gasteiger partial charge in [0.1, 0.15) is 0 Å². The Morgan fingerprint density at radius 1 is 0.760 bits per heavy atom. The molecule has 0 saturated heterocycles. The van der Waals surface area contributed by atoms with E-state index in [1.165, 1.54) is 24.3 Å². The fourth-order valence-electron chi connectivity index (χ4n) is 2.18. The highest BCUT2D eigenvalue weighted by Gasteiger charge is 2.17. The first-order valence-electron chi connectivity index (χ1n) is 7.50. The number of hydrogen-bond acceptors (Lipinski definition) is 4. The zero-order valence-corrected chi connectivity index (χ0v) is 13.9. The highest BCUT2D eigenvalue weighted by molar-refractivity contribution is 7.92. The molecule has 0 saturated carbocycles. The Hall–Kier alpha value is -3.12. The van der Waals surface area contributed by atoms with Gasteiger partial charge in [0.15, 0.2) is 5.75 Å². The van der Waals surface area contributed by atoms with Gasteiger partial charge in [0.05, 0.1) is 16.1 Å². The number of carbonyl (C=O) groups excluding carboxylic acids is 1. The van der Waals surface area contributed by atoms with E-state index in [1.54, 1.807) is 60.7 Å². The third-order valence-corrected chi connectivity index (χ3v) is 4.78. The lowest BCUT2D eigenvalue weighted by Gasteiger charge is -2.12. The van der Waals surface area contributed by atoms with Crippen molar-refractivity contribution in [1.29, 1.82) is 0 Å². The second-order valence-corrected chi connectivity index (χ2v) is 6.85. The smallest absolute Gasteiger partial charge is 0.343 e. The number of esters is 1. The topological polar surface area (TPSA) is 72.5 Å². The molecule has 0 aliphatic rings. The number of rotatable bonds is 5. The molecule has 0 radical (unpaired) electrons. The average Bonchev–Trinajstić information content (AvgIpc) is 2.64. The predicted molar refractivity (Wildman–Crippen MR) is 95.1 cm³/mol. The van der Waals surface area contributed by atoms with Crippen LogP contribution in [0.1, 0.15) is 10.4 Å². The van der Waals surface area contributed by atoms with Crippen molar-refractivity contribution in [1.82, 2.24) is 0 Å². The normalized spacial score (nSPS) is 10.9. The van der Waals surface area contributed by atoms with E-state index in [0.29, 0.717) is 5.56 Å². The van der Waals surface area contributed by atoms with Gasteiger partial charge in [-0.25, -0.2) is 13.2 Å². The van der Waals surface area contributed by atoms with Crippen LogP contribution in [-0.4, -0.2) is 14.4 Å². The molecule has 0 bridgehead atoms. The Kier molecular flexibility index (Phi) is 4.81. The van der Waals surface area contributed by atoms with Crippen molar-refractivity contribution in [3.05, 3.63) is 90.5 Å². The molecular formula is C19H15NO4S. The molecule has 3 rings (SSSR count). The molecule has 0 atom stereocenters. The van der Waals surface area contributed by atoms with Crippen LogP contribution in [0.15, 0.2) is 89.8 Å². The molecule has 0 heterocycles. The summed E-state index contributed by atoms with van der Waals surface area (Å²) in [6.07, 6.45) is 0. The quantitative estimate of drug-likeness (QED) is 0.561. The van der Waals surface area contributed by atoms with E-state index in [2.05, 4.69) is 4.72 Å². The van der Waals surface area contributed by atoms with Crippen LogP contribution in [-0.2, 0) is 10.0 Å². The largest absolute Gasteiger partial charge is 0.421 e. The first-order valence-corrected chi connectivity index (χ1v) is 8.99. The van der Waals surface area contributed by atoms with Crippen LogP contribution in [0.3, 0.4) is 0 Å². The summed E-state index contributed by atoms with van der Waals surface area (Å²) in [7, 11) is -3.78. The van der Waals surface area contributed by atoms with Crippen LogP contribution < -0.4 is 9.46 Å². The Balaban J connectivity index is 1.86. The van der Waals surface area contributed by atoms with Gasteiger partial charge < -0.3 is 4.74 Å². The van der Waals surface area contributed by atoms with E-state index < -0.39 is 16.0 Å². The van der Waals surface area contributed by atoms with Crippen LogP contribution in [0.5, 0.6) is 5.75 Å².